The standard InChI is InChI=1S/C9H16F3NO3S/c1-17(15,16)13-4-2-3-7(6-13)5-8(14)9(10,11)12/h7-8,14H,2-6H2,1H3/t7?,8-/m1/s1. The molecule has 2 atom stereocenters. The molecule has 0 aliphatic carbocycles. The van der Waals surface area contributed by atoms with E-state index in [1.54, 1.807) is 0 Å². The molecule has 1 fully saturated rings. The van der Waals surface area contributed by atoms with Crippen LogP contribution in [0.3, 0.4) is 0 Å². The van der Waals surface area contributed by atoms with E-state index in [-0.39, 0.29) is 6.54 Å². The first-order valence-electron chi connectivity index (χ1n) is 5.30. The average Bonchev–Trinajstić information content (AvgIpc) is 2.15. The summed E-state index contributed by atoms with van der Waals surface area (Å²) < 4.78 is 60.1. The molecule has 1 aliphatic heterocycles. The number of rotatable bonds is 3. The second kappa shape index (κ2) is 5.11. The Morgan fingerprint density at radius 1 is 1.47 bits per heavy atom. The van der Waals surface area contributed by atoms with E-state index in [0.29, 0.717) is 19.4 Å². The highest BCUT2D eigenvalue weighted by Crippen LogP contribution is 2.29. The molecule has 1 aliphatic rings. The van der Waals surface area contributed by atoms with Gasteiger partial charge in [-0.3, -0.25) is 0 Å². The molecule has 0 spiro atoms. The van der Waals surface area contributed by atoms with Gasteiger partial charge in [-0.15, -0.1) is 0 Å². The zero-order chi connectivity index (χ0) is 13.3. The molecule has 1 unspecified atom stereocenters. The monoisotopic (exact) mass is 275 g/mol. The molecule has 102 valence electrons. The molecular formula is C9H16F3NO3S. The second-order valence-electron chi connectivity index (χ2n) is 4.42. The van der Waals surface area contributed by atoms with Crippen molar-refractivity contribution in [1.29, 1.82) is 0 Å². The molecule has 0 aromatic rings. The predicted molar refractivity (Wildman–Crippen MR) is 55.8 cm³/mol. The third kappa shape index (κ3) is 4.44. The van der Waals surface area contributed by atoms with Gasteiger partial charge in [-0.2, -0.15) is 13.2 Å². The number of halogens is 3. The summed E-state index contributed by atoms with van der Waals surface area (Å²) in [5, 5.41) is 8.93. The van der Waals surface area contributed by atoms with Crippen molar-refractivity contribution in [1.82, 2.24) is 4.31 Å². The highest BCUT2D eigenvalue weighted by atomic mass is 32.2. The maximum atomic E-state index is 12.2. The minimum atomic E-state index is -4.63. The summed E-state index contributed by atoms with van der Waals surface area (Å²) in [6.45, 7) is 0.406. The fraction of sp³-hybridized carbons (Fsp3) is 1.00. The molecule has 0 amide bonds. The quantitative estimate of drug-likeness (QED) is 0.835. The van der Waals surface area contributed by atoms with Crippen LogP contribution in [0.4, 0.5) is 13.2 Å². The SMILES string of the molecule is CS(=O)(=O)N1CCCC(C[C@@H](O)C(F)(F)F)C1. The zero-order valence-electron chi connectivity index (χ0n) is 9.44. The fourth-order valence-corrected chi connectivity index (χ4v) is 2.91. The molecule has 17 heavy (non-hydrogen) atoms. The Hall–Kier alpha value is -0.340. The van der Waals surface area contributed by atoms with E-state index in [4.69, 9.17) is 5.11 Å². The average molecular weight is 275 g/mol. The number of sulfonamides is 1. The molecule has 1 saturated heterocycles. The number of aliphatic hydroxyl groups is 1. The van der Waals surface area contributed by atoms with Crippen molar-refractivity contribution in [3.05, 3.63) is 0 Å². The van der Waals surface area contributed by atoms with Crippen molar-refractivity contribution in [2.24, 2.45) is 5.92 Å². The van der Waals surface area contributed by atoms with Crippen LogP contribution < -0.4 is 0 Å². The van der Waals surface area contributed by atoms with Gasteiger partial charge in [-0.25, -0.2) is 12.7 Å². The van der Waals surface area contributed by atoms with Crippen LogP contribution in [0.5, 0.6) is 0 Å². The van der Waals surface area contributed by atoms with Crippen LogP contribution in [0, 0.1) is 5.92 Å². The topological polar surface area (TPSA) is 57.6 Å². The molecule has 0 radical (unpaired) electrons. The summed E-state index contributed by atoms with van der Waals surface area (Å²) in [5.41, 5.74) is 0. The Morgan fingerprint density at radius 2 is 2.06 bits per heavy atom. The molecule has 4 nitrogen and oxygen atoms in total. The van der Waals surface area contributed by atoms with E-state index < -0.39 is 34.6 Å². The van der Waals surface area contributed by atoms with E-state index in [9.17, 15) is 21.6 Å². The molecule has 8 heteroatoms. The summed E-state index contributed by atoms with van der Waals surface area (Å²) >= 11 is 0. The van der Waals surface area contributed by atoms with Gasteiger partial charge in [0.25, 0.3) is 0 Å². The minimum absolute atomic E-state index is 0.0615. The molecule has 1 N–H and O–H groups in total. The first-order chi connectivity index (χ1) is 7.60. The fourth-order valence-electron chi connectivity index (χ4n) is 1.97. The van der Waals surface area contributed by atoms with E-state index in [1.165, 1.54) is 4.31 Å². The van der Waals surface area contributed by atoms with Crippen molar-refractivity contribution in [3.8, 4) is 0 Å². The highest BCUT2D eigenvalue weighted by molar-refractivity contribution is 7.88. The van der Waals surface area contributed by atoms with Crippen LogP contribution in [0.25, 0.3) is 0 Å². The lowest BCUT2D eigenvalue weighted by atomic mass is 9.93. The van der Waals surface area contributed by atoms with Gasteiger partial charge >= 0.3 is 6.18 Å². The van der Waals surface area contributed by atoms with Crippen LogP contribution in [0.2, 0.25) is 0 Å². The first-order valence-corrected chi connectivity index (χ1v) is 7.15. The summed E-state index contributed by atoms with van der Waals surface area (Å²) in [6, 6.07) is 0. The Kier molecular flexibility index (Phi) is 4.43. The second-order valence-corrected chi connectivity index (χ2v) is 6.40. The number of nitrogens with zero attached hydrogens (tertiary/aromatic N) is 1. The molecule has 0 aromatic carbocycles. The molecule has 1 rings (SSSR count). The third-order valence-electron chi connectivity index (χ3n) is 2.89. The minimum Gasteiger partial charge on any atom is -0.384 e. The predicted octanol–water partition coefficient (Wildman–Crippen LogP) is 0.971. The van der Waals surface area contributed by atoms with E-state index in [1.807, 2.05) is 0 Å². The third-order valence-corrected chi connectivity index (χ3v) is 4.15. The molecule has 0 bridgehead atoms. The Bertz CT molecular complexity index is 355. The molecule has 0 saturated carbocycles. The van der Waals surface area contributed by atoms with E-state index in [0.717, 1.165) is 6.26 Å². The van der Waals surface area contributed by atoms with Crippen LogP contribution >= 0.6 is 0 Å². The van der Waals surface area contributed by atoms with Gasteiger partial charge in [0.05, 0.1) is 6.26 Å². The smallest absolute Gasteiger partial charge is 0.384 e. The number of hydrogen-bond acceptors (Lipinski definition) is 3. The Balaban J connectivity index is 2.57. The van der Waals surface area contributed by atoms with Gasteiger partial charge < -0.3 is 5.11 Å². The van der Waals surface area contributed by atoms with E-state index in [2.05, 4.69) is 0 Å². The largest absolute Gasteiger partial charge is 0.414 e. The Morgan fingerprint density at radius 3 is 2.53 bits per heavy atom. The lowest BCUT2D eigenvalue weighted by Crippen LogP contribution is -2.41. The first kappa shape index (κ1) is 14.7. The lowest BCUT2D eigenvalue weighted by Gasteiger charge is -2.32. The number of alkyl halides is 3. The van der Waals surface area contributed by atoms with Gasteiger partial charge in [0.1, 0.15) is 6.10 Å². The van der Waals surface area contributed by atoms with Gasteiger partial charge in [-0.05, 0) is 25.2 Å². The molecular weight excluding hydrogens is 259 g/mol. The number of piperidine rings is 1. The zero-order valence-corrected chi connectivity index (χ0v) is 10.3. The van der Waals surface area contributed by atoms with Gasteiger partial charge in [0.15, 0.2) is 0 Å². The molecule has 1 heterocycles. The summed E-state index contributed by atoms with van der Waals surface area (Å²) in [4.78, 5) is 0. The number of aliphatic hydroxyl groups excluding tert-OH is 1. The highest BCUT2D eigenvalue weighted by Gasteiger charge is 2.40. The van der Waals surface area contributed by atoms with Gasteiger partial charge in [0.2, 0.25) is 10.0 Å². The lowest BCUT2D eigenvalue weighted by molar-refractivity contribution is -0.209. The van der Waals surface area contributed by atoms with Crippen LogP contribution in [-0.4, -0.2) is 49.5 Å². The van der Waals surface area contributed by atoms with Crippen molar-refractivity contribution in [2.45, 2.75) is 31.5 Å². The van der Waals surface area contributed by atoms with Crippen molar-refractivity contribution in [3.63, 3.8) is 0 Å². The Labute approximate surface area is 98.5 Å². The van der Waals surface area contributed by atoms with Gasteiger partial charge in [-0.1, -0.05) is 0 Å². The summed E-state index contributed by atoms with van der Waals surface area (Å²) in [5.74, 6) is -0.435. The van der Waals surface area contributed by atoms with Crippen LogP contribution in [-0.2, 0) is 10.0 Å². The van der Waals surface area contributed by atoms with Crippen molar-refractivity contribution < 1.29 is 26.7 Å². The maximum absolute atomic E-state index is 12.2. The summed E-state index contributed by atoms with van der Waals surface area (Å²) in [7, 11) is -3.36. The summed E-state index contributed by atoms with van der Waals surface area (Å²) in [6.07, 6.45) is -5.35. The van der Waals surface area contributed by atoms with Crippen molar-refractivity contribution in [2.75, 3.05) is 19.3 Å². The van der Waals surface area contributed by atoms with Crippen LogP contribution in [0.15, 0.2) is 0 Å². The number of hydrogen-bond donors (Lipinski definition) is 1. The van der Waals surface area contributed by atoms with Gasteiger partial charge in [0, 0.05) is 13.1 Å². The molecule has 0 aromatic heterocycles. The van der Waals surface area contributed by atoms with E-state index >= 15 is 0 Å². The van der Waals surface area contributed by atoms with Crippen LogP contribution in [0.1, 0.15) is 19.3 Å². The normalized spacial score (nSPS) is 25.8. The maximum Gasteiger partial charge on any atom is 0.414 e. The van der Waals surface area contributed by atoms with Crippen molar-refractivity contribution >= 4 is 10.0 Å².